The maximum Gasteiger partial charge on any atom is 0.343 e. The van der Waals surface area contributed by atoms with E-state index in [9.17, 15) is 4.79 Å². The Labute approximate surface area is 145 Å². The predicted molar refractivity (Wildman–Crippen MR) is 95.4 cm³/mol. The van der Waals surface area contributed by atoms with Gasteiger partial charge in [-0.25, -0.2) is 4.79 Å². The zero-order valence-corrected chi connectivity index (χ0v) is 15.3. The number of hydrogen-bond donors (Lipinski definition) is 0. The molecule has 0 amide bonds. The molecule has 0 fully saturated rings. The first kappa shape index (κ1) is 17.5. The number of esters is 1. The second kappa shape index (κ2) is 8.16. The molecule has 0 heterocycles. The largest absolute Gasteiger partial charge is 0.492 e. The lowest BCUT2D eigenvalue weighted by Crippen LogP contribution is -2.09. The van der Waals surface area contributed by atoms with Crippen molar-refractivity contribution in [3.63, 3.8) is 0 Å². The highest BCUT2D eigenvalue weighted by Crippen LogP contribution is 2.27. The van der Waals surface area contributed by atoms with Gasteiger partial charge in [0.25, 0.3) is 0 Å². The van der Waals surface area contributed by atoms with Crippen LogP contribution in [0.4, 0.5) is 0 Å². The van der Waals surface area contributed by atoms with Gasteiger partial charge in [-0.1, -0.05) is 19.4 Å². The molecule has 0 spiro atoms. The lowest BCUT2D eigenvalue weighted by molar-refractivity contribution is 0.0734. The van der Waals surface area contributed by atoms with Gasteiger partial charge in [0.1, 0.15) is 11.5 Å². The van der Waals surface area contributed by atoms with Crippen molar-refractivity contribution >= 4 is 21.9 Å². The third kappa shape index (κ3) is 5.10. The van der Waals surface area contributed by atoms with E-state index in [-0.39, 0.29) is 5.97 Å². The van der Waals surface area contributed by atoms with E-state index in [1.165, 1.54) is 0 Å². The summed E-state index contributed by atoms with van der Waals surface area (Å²) in [6.45, 7) is 6.73. The number of ether oxygens (including phenoxy) is 2. The number of carbonyl (C=O) groups is 1. The summed E-state index contributed by atoms with van der Waals surface area (Å²) in [6, 6.07) is 11.0. The van der Waals surface area contributed by atoms with Crippen LogP contribution in [-0.2, 0) is 0 Å². The summed E-state index contributed by atoms with van der Waals surface area (Å²) in [5.74, 6) is 0.920. The third-order valence-corrected chi connectivity index (χ3v) is 3.95. The van der Waals surface area contributed by atoms with Crippen LogP contribution in [0.15, 0.2) is 40.9 Å². The zero-order valence-electron chi connectivity index (χ0n) is 13.7. The van der Waals surface area contributed by atoms with Crippen molar-refractivity contribution < 1.29 is 14.3 Å². The molecular formula is C19H21BrO3. The number of unbranched alkanes of at least 4 members (excludes halogenated alkanes) is 1. The molecule has 0 N–H and O–H groups in total. The van der Waals surface area contributed by atoms with E-state index in [4.69, 9.17) is 9.47 Å². The van der Waals surface area contributed by atoms with Gasteiger partial charge < -0.3 is 9.47 Å². The zero-order chi connectivity index (χ0) is 16.8. The van der Waals surface area contributed by atoms with Gasteiger partial charge in [-0.05, 0) is 77.7 Å². The molecule has 2 aromatic carbocycles. The summed E-state index contributed by atoms with van der Waals surface area (Å²) in [7, 11) is 0. The highest BCUT2D eigenvalue weighted by Gasteiger charge is 2.12. The molecule has 0 atom stereocenters. The maximum absolute atomic E-state index is 12.3. The minimum atomic E-state index is -0.379. The molecule has 0 bridgehead atoms. The minimum absolute atomic E-state index is 0.379. The van der Waals surface area contributed by atoms with Gasteiger partial charge in [-0.3, -0.25) is 0 Å². The van der Waals surface area contributed by atoms with Crippen LogP contribution in [0.5, 0.6) is 11.5 Å². The van der Waals surface area contributed by atoms with Crippen molar-refractivity contribution in [1.29, 1.82) is 0 Å². The number of carbonyl (C=O) groups excluding carboxylic acids is 1. The molecule has 0 saturated heterocycles. The van der Waals surface area contributed by atoms with E-state index in [2.05, 4.69) is 22.9 Å². The highest BCUT2D eigenvalue weighted by molar-refractivity contribution is 9.10. The van der Waals surface area contributed by atoms with Gasteiger partial charge in [0.05, 0.1) is 16.6 Å². The molecule has 0 aliphatic carbocycles. The monoisotopic (exact) mass is 376 g/mol. The molecule has 0 aromatic heterocycles. The first-order valence-electron chi connectivity index (χ1n) is 7.72. The Morgan fingerprint density at radius 2 is 1.78 bits per heavy atom. The summed E-state index contributed by atoms with van der Waals surface area (Å²) in [5, 5.41) is 0. The van der Waals surface area contributed by atoms with Crippen molar-refractivity contribution in [2.24, 2.45) is 0 Å². The van der Waals surface area contributed by atoms with Crippen molar-refractivity contribution in [1.82, 2.24) is 0 Å². The Morgan fingerprint density at radius 3 is 2.39 bits per heavy atom. The number of hydrogen-bond acceptors (Lipinski definition) is 3. The highest BCUT2D eigenvalue weighted by atomic mass is 79.9. The van der Waals surface area contributed by atoms with E-state index < -0.39 is 0 Å². The second-order valence-electron chi connectivity index (χ2n) is 5.56. The van der Waals surface area contributed by atoms with E-state index in [1.807, 2.05) is 32.0 Å². The number of aryl methyl sites for hydroxylation is 2. The molecule has 0 aliphatic heterocycles. The van der Waals surface area contributed by atoms with Crippen LogP contribution in [-0.4, -0.2) is 12.6 Å². The summed E-state index contributed by atoms with van der Waals surface area (Å²) >= 11 is 3.44. The summed E-state index contributed by atoms with van der Waals surface area (Å²) in [5.41, 5.74) is 2.61. The Kier molecular flexibility index (Phi) is 6.22. The number of rotatable bonds is 6. The lowest BCUT2D eigenvalue weighted by Gasteiger charge is -2.10. The molecule has 0 radical (unpaired) electrons. The van der Waals surface area contributed by atoms with Gasteiger partial charge in [-0.15, -0.1) is 0 Å². The smallest absolute Gasteiger partial charge is 0.343 e. The van der Waals surface area contributed by atoms with Gasteiger partial charge in [0.15, 0.2) is 0 Å². The maximum atomic E-state index is 12.3. The molecule has 0 aliphatic rings. The Balaban J connectivity index is 2.08. The van der Waals surface area contributed by atoms with Crippen molar-refractivity contribution in [3.8, 4) is 11.5 Å². The molecular weight excluding hydrogens is 356 g/mol. The molecule has 2 aromatic rings. The summed E-state index contributed by atoms with van der Waals surface area (Å²) < 4.78 is 11.9. The van der Waals surface area contributed by atoms with E-state index in [0.717, 1.165) is 34.2 Å². The van der Waals surface area contributed by atoms with Crippen LogP contribution in [0.2, 0.25) is 0 Å². The van der Waals surface area contributed by atoms with Crippen molar-refractivity contribution in [2.45, 2.75) is 33.6 Å². The Morgan fingerprint density at radius 1 is 1.09 bits per heavy atom. The summed E-state index contributed by atoms with van der Waals surface area (Å²) in [4.78, 5) is 12.3. The molecule has 3 nitrogen and oxygen atoms in total. The first-order valence-corrected chi connectivity index (χ1v) is 8.51. The SMILES string of the molecule is CCCCOc1ccc(C(=O)Oc2cc(C)cc(C)c2)cc1Br. The molecule has 4 heteroatoms. The lowest BCUT2D eigenvalue weighted by atomic mass is 10.1. The molecule has 122 valence electrons. The van der Waals surface area contributed by atoms with Crippen molar-refractivity contribution in [3.05, 3.63) is 57.6 Å². The quantitative estimate of drug-likeness (QED) is 0.381. The molecule has 0 unspecified atom stereocenters. The van der Waals surface area contributed by atoms with Gasteiger partial charge in [0.2, 0.25) is 0 Å². The standard InChI is InChI=1S/C19H21BrO3/c1-4-5-8-22-18-7-6-15(12-17(18)20)19(21)23-16-10-13(2)9-14(3)11-16/h6-7,9-12H,4-5,8H2,1-3H3. The Bertz CT molecular complexity index is 675. The number of halogens is 1. The van der Waals surface area contributed by atoms with Crippen LogP contribution in [0, 0.1) is 13.8 Å². The van der Waals surface area contributed by atoms with Gasteiger partial charge in [-0.2, -0.15) is 0 Å². The van der Waals surface area contributed by atoms with E-state index in [1.54, 1.807) is 18.2 Å². The fourth-order valence-corrected chi connectivity index (χ4v) is 2.72. The topological polar surface area (TPSA) is 35.5 Å². The predicted octanol–water partition coefficient (Wildman–Crippen LogP) is 5.46. The summed E-state index contributed by atoms with van der Waals surface area (Å²) in [6.07, 6.45) is 2.08. The fourth-order valence-electron chi connectivity index (χ4n) is 2.23. The Hall–Kier alpha value is -1.81. The average Bonchev–Trinajstić information content (AvgIpc) is 2.48. The van der Waals surface area contributed by atoms with E-state index >= 15 is 0 Å². The average molecular weight is 377 g/mol. The van der Waals surface area contributed by atoms with Gasteiger partial charge in [0, 0.05) is 0 Å². The second-order valence-corrected chi connectivity index (χ2v) is 6.41. The fraction of sp³-hybridized carbons (Fsp3) is 0.316. The van der Waals surface area contributed by atoms with Crippen LogP contribution >= 0.6 is 15.9 Å². The van der Waals surface area contributed by atoms with E-state index in [0.29, 0.717) is 17.9 Å². The minimum Gasteiger partial charge on any atom is -0.492 e. The normalized spacial score (nSPS) is 10.4. The molecule has 0 saturated carbocycles. The number of benzene rings is 2. The van der Waals surface area contributed by atoms with Gasteiger partial charge >= 0.3 is 5.97 Å². The van der Waals surface area contributed by atoms with Crippen LogP contribution < -0.4 is 9.47 Å². The molecule has 23 heavy (non-hydrogen) atoms. The van der Waals surface area contributed by atoms with Crippen LogP contribution in [0.25, 0.3) is 0 Å². The first-order chi connectivity index (χ1) is 11.0. The van der Waals surface area contributed by atoms with Crippen LogP contribution in [0.1, 0.15) is 41.3 Å². The van der Waals surface area contributed by atoms with Crippen LogP contribution in [0.3, 0.4) is 0 Å². The third-order valence-electron chi connectivity index (χ3n) is 3.33. The van der Waals surface area contributed by atoms with Crippen molar-refractivity contribution in [2.75, 3.05) is 6.61 Å². The molecule has 2 rings (SSSR count).